The van der Waals surface area contributed by atoms with E-state index in [9.17, 15) is 18.0 Å². The summed E-state index contributed by atoms with van der Waals surface area (Å²) in [6.07, 6.45) is 7.83. The van der Waals surface area contributed by atoms with E-state index >= 15 is 0 Å². The second kappa shape index (κ2) is 9.61. The highest BCUT2D eigenvalue weighted by molar-refractivity contribution is 6.35. The first-order chi connectivity index (χ1) is 16.8. The fourth-order valence-electron chi connectivity index (χ4n) is 5.34. The number of carbonyl (C=O) groups excluding carboxylic acids is 1. The summed E-state index contributed by atoms with van der Waals surface area (Å²) in [4.78, 5) is 19.6. The Morgan fingerprint density at radius 2 is 2.00 bits per heavy atom. The van der Waals surface area contributed by atoms with Gasteiger partial charge >= 0.3 is 6.18 Å². The SMILES string of the molecule is O=C(c1[nH]c2c(c1Cl)CCC=C(c1ccoc1)C=C2C(F)(F)F)C1CCCC(c2ccc[nH]2)CC1. The highest BCUT2D eigenvalue weighted by Crippen LogP contribution is 2.43. The molecule has 0 saturated heterocycles. The number of hydrogen-bond acceptors (Lipinski definition) is 2. The number of fused-ring (bicyclic) bond motifs is 1. The van der Waals surface area contributed by atoms with E-state index in [0.29, 0.717) is 48.3 Å². The smallest absolute Gasteiger partial charge is 0.418 e. The lowest BCUT2D eigenvalue weighted by atomic mass is 9.91. The Morgan fingerprint density at radius 1 is 1.14 bits per heavy atom. The van der Waals surface area contributed by atoms with Gasteiger partial charge in [-0.1, -0.05) is 24.1 Å². The molecule has 0 aromatic carbocycles. The molecule has 0 aliphatic heterocycles. The molecule has 3 aromatic rings. The Hall–Kier alpha value is -2.93. The summed E-state index contributed by atoms with van der Waals surface area (Å²) in [7, 11) is 0. The van der Waals surface area contributed by atoms with Crippen LogP contribution in [0.3, 0.4) is 0 Å². The Kier molecular flexibility index (Phi) is 6.53. The predicted molar refractivity (Wildman–Crippen MR) is 129 cm³/mol. The van der Waals surface area contributed by atoms with Crippen molar-refractivity contribution in [2.24, 2.45) is 5.92 Å². The highest BCUT2D eigenvalue weighted by atomic mass is 35.5. The number of H-pyrrole nitrogens is 2. The lowest BCUT2D eigenvalue weighted by Gasteiger charge is -2.16. The summed E-state index contributed by atoms with van der Waals surface area (Å²) in [5.74, 6) is -0.109. The van der Waals surface area contributed by atoms with Crippen molar-refractivity contribution in [3.63, 3.8) is 0 Å². The molecule has 0 amide bonds. The average Bonchev–Trinajstić information content (AvgIpc) is 3.54. The number of ketones is 1. The van der Waals surface area contributed by atoms with Crippen LogP contribution in [0.15, 0.2) is 53.5 Å². The minimum Gasteiger partial charge on any atom is -0.472 e. The summed E-state index contributed by atoms with van der Waals surface area (Å²) >= 11 is 6.60. The number of halogens is 4. The quantitative estimate of drug-likeness (QED) is 0.279. The molecule has 3 heterocycles. The van der Waals surface area contributed by atoms with E-state index in [2.05, 4.69) is 16.0 Å². The molecule has 184 valence electrons. The maximum absolute atomic E-state index is 14.2. The zero-order valence-corrected chi connectivity index (χ0v) is 19.8. The van der Waals surface area contributed by atoms with Gasteiger partial charge in [-0.2, -0.15) is 13.2 Å². The van der Waals surface area contributed by atoms with Gasteiger partial charge in [-0.3, -0.25) is 4.79 Å². The van der Waals surface area contributed by atoms with E-state index in [0.717, 1.165) is 25.3 Å². The number of rotatable bonds is 4. The van der Waals surface area contributed by atoms with E-state index in [1.807, 2.05) is 12.3 Å². The minimum atomic E-state index is -4.63. The average molecular weight is 503 g/mol. The number of nitrogens with one attached hydrogen (secondary N) is 2. The van der Waals surface area contributed by atoms with Gasteiger partial charge in [0.2, 0.25) is 0 Å². The van der Waals surface area contributed by atoms with Crippen LogP contribution in [-0.2, 0) is 6.42 Å². The molecule has 2 unspecified atom stereocenters. The maximum atomic E-state index is 14.2. The molecular weight excluding hydrogens is 477 g/mol. The molecule has 2 aliphatic rings. The molecule has 1 saturated carbocycles. The molecule has 2 aliphatic carbocycles. The van der Waals surface area contributed by atoms with Crippen LogP contribution in [0.5, 0.6) is 0 Å². The number of allylic oxidation sites excluding steroid dienone is 4. The fraction of sp³-hybridized carbons (Fsp3) is 0.370. The summed E-state index contributed by atoms with van der Waals surface area (Å²) in [6, 6.07) is 5.66. The number of hydrogen-bond donors (Lipinski definition) is 2. The van der Waals surface area contributed by atoms with Crippen molar-refractivity contribution in [1.29, 1.82) is 0 Å². The molecule has 2 N–H and O–H groups in total. The normalized spacial score (nSPS) is 21.4. The van der Waals surface area contributed by atoms with E-state index in [-0.39, 0.29) is 28.1 Å². The van der Waals surface area contributed by atoms with Gasteiger partial charge in [0.25, 0.3) is 0 Å². The molecule has 0 bridgehead atoms. The van der Waals surface area contributed by atoms with Crippen molar-refractivity contribution in [2.45, 2.75) is 57.0 Å². The van der Waals surface area contributed by atoms with Crippen LogP contribution in [0.1, 0.15) is 77.4 Å². The van der Waals surface area contributed by atoms with Gasteiger partial charge in [-0.05, 0) is 79.9 Å². The molecule has 3 aromatic heterocycles. The Morgan fingerprint density at radius 3 is 2.71 bits per heavy atom. The topological polar surface area (TPSA) is 61.8 Å². The lowest BCUT2D eigenvalue weighted by Crippen LogP contribution is -2.16. The molecule has 8 heteroatoms. The first-order valence-corrected chi connectivity index (χ1v) is 12.3. The predicted octanol–water partition coefficient (Wildman–Crippen LogP) is 8.11. The molecule has 4 nitrogen and oxygen atoms in total. The van der Waals surface area contributed by atoms with Crippen LogP contribution < -0.4 is 0 Å². The van der Waals surface area contributed by atoms with Crippen LogP contribution in [-0.4, -0.2) is 21.9 Å². The molecular formula is C27H26ClF3N2O2. The van der Waals surface area contributed by atoms with Crippen LogP contribution in [0, 0.1) is 5.92 Å². The van der Waals surface area contributed by atoms with Gasteiger partial charge in [-0.25, -0.2) is 0 Å². The van der Waals surface area contributed by atoms with Crippen molar-refractivity contribution >= 4 is 28.5 Å². The number of carbonyl (C=O) groups is 1. The van der Waals surface area contributed by atoms with Gasteiger partial charge in [0.05, 0.1) is 28.8 Å². The highest BCUT2D eigenvalue weighted by Gasteiger charge is 2.39. The molecule has 5 rings (SSSR count). The summed E-state index contributed by atoms with van der Waals surface area (Å²) in [5, 5.41) is 0.116. The summed E-state index contributed by atoms with van der Waals surface area (Å²) in [5.41, 5.74) is 1.65. The third-order valence-corrected chi connectivity index (χ3v) is 7.59. The number of alkyl halides is 3. The van der Waals surface area contributed by atoms with Crippen molar-refractivity contribution in [1.82, 2.24) is 9.97 Å². The van der Waals surface area contributed by atoms with Gasteiger partial charge in [0, 0.05) is 23.4 Å². The third kappa shape index (κ3) is 4.79. The number of Topliss-reactive ketones (excluding diaryl/α,β-unsaturated/α-hetero) is 1. The first-order valence-electron chi connectivity index (χ1n) is 11.9. The first kappa shape index (κ1) is 23.8. The Bertz CT molecular complexity index is 1250. The van der Waals surface area contributed by atoms with E-state index in [1.54, 1.807) is 12.1 Å². The Labute approximate surface area is 206 Å². The lowest BCUT2D eigenvalue weighted by molar-refractivity contribution is -0.0691. The van der Waals surface area contributed by atoms with Crippen LogP contribution in [0.4, 0.5) is 13.2 Å². The fourth-order valence-corrected chi connectivity index (χ4v) is 5.67. The molecule has 0 radical (unpaired) electrons. The second-order valence-electron chi connectivity index (χ2n) is 9.33. The van der Waals surface area contributed by atoms with Crippen molar-refractivity contribution in [3.05, 3.63) is 82.3 Å². The van der Waals surface area contributed by atoms with Gasteiger partial charge in [-0.15, -0.1) is 0 Å². The van der Waals surface area contributed by atoms with E-state index < -0.39 is 11.7 Å². The Balaban J connectivity index is 1.46. The van der Waals surface area contributed by atoms with Crippen LogP contribution >= 0.6 is 11.6 Å². The van der Waals surface area contributed by atoms with Crippen molar-refractivity contribution in [3.8, 4) is 0 Å². The molecule has 1 fully saturated rings. The zero-order chi connectivity index (χ0) is 24.6. The monoisotopic (exact) mass is 502 g/mol. The third-order valence-electron chi connectivity index (χ3n) is 7.17. The van der Waals surface area contributed by atoms with Crippen molar-refractivity contribution in [2.75, 3.05) is 0 Å². The molecule has 35 heavy (non-hydrogen) atoms. The van der Waals surface area contributed by atoms with Gasteiger partial charge in [0.15, 0.2) is 5.78 Å². The van der Waals surface area contributed by atoms with Gasteiger partial charge in [0.1, 0.15) is 5.69 Å². The summed E-state index contributed by atoms with van der Waals surface area (Å²) < 4.78 is 47.7. The second-order valence-corrected chi connectivity index (χ2v) is 9.70. The van der Waals surface area contributed by atoms with E-state index in [1.165, 1.54) is 18.2 Å². The number of aromatic nitrogens is 2. The summed E-state index contributed by atoms with van der Waals surface area (Å²) in [6.45, 7) is 0. The van der Waals surface area contributed by atoms with Crippen LogP contribution in [0.25, 0.3) is 11.1 Å². The molecule has 2 atom stereocenters. The minimum absolute atomic E-state index is 0.0990. The largest absolute Gasteiger partial charge is 0.472 e. The van der Waals surface area contributed by atoms with Crippen molar-refractivity contribution < 1.29 is 22.4 Å². The molecule has 0 spiro atoms. The van der Waals surface area contributed by atoms with E-state index in [4.69, 9.17) is 16.0 Å². The maximum Gasteiger partial charge on any atom is 0.418 e. The number of furan rings is 1. The van der Waals surface area contributed by atoms with Crippen LogP contribution in [0.2, 0.25) is 5.02 Å². The zero-order valence-electron chi connectivity index (χ0n) is 19.1. The standard InChI is InChI=1S/C27H26ClF3N2O2/c28-23-20-7-2-6-18(19-11-13-35-15-19)14-21(27(29,30)31)24(20)33-25(23)26(34)17-5-1-4-16(9-10-17)22-8-3-12-32-22/h3,6,8,11-17,32-33H,1-2,4-5,7,9-10H2. The number of aromatic amines is 2. The van der Waals surface area contributed by atoms with Gasteiger partial charge < -0.3 is 14.4 Å².